The van der Waals surface area contributed by atoms with Crippen LogP contribution >= 0.6 is 0 Å². The molecule has 11 heavy (non-hydrogen) atoms. The van der Waals surface area contributed by atoms with Gasteiger partial charge in [0.1, 0.15) is 0 Å². The maximum atomic E-state index is 5.52. The third-order valence-corrected chi connectivity index (χ3v) is 5.23. The van der Waals surface area contributed by atoms with E-state index in [0.717, 1.165) is 24.3 Å². The first-order valence-electron chi connectivity index (χ1n) is 4.32. The molecule has 0 saturated heterocycles. The Bertz CT molecular complexity index is 86.2. The summed E-state index contributed by atoms with van der Waals surface area (Å²) < 4.78 is 0. The van der Waals surface area contributed by atoms with E-state index >= 15 is 0 Å². The van der Waals surface area contributed by atoms with Crippen molar-refractivity contribution in [3.63, 3.8) is 0 Å². The van der Waals surface area contributed by atoms with Gasteiger partial charge in [-0.3, -0.25) is 0 Å². The molecule has 1 atom stereocenters. The molecule has 1 unspecified atom stereocenters. The van der Waals surface area contributed by atoms with Crippen molar-refractivity contribution in [1.82, 2.24) is 5.32 Å². The van der Waals surface area contributed by atoms with E-state index < -0.39 is 14.7 Å². The van der Waals surface area contributed by atoms with Crippen LogP contribution in [-0.4, -0.2) is 32.6 Å². The Morgan fingerprint density at radius 1 is 1.45 bits per heavy atom. The van der Waals surface area contributed by atoms with Crippen molar-refractivity contribution >= 4 is 14.7 Å². The van der Waals surface area contributed by atoms with Crippen LogP contribution in [0.4, 0.5) is 0 Å². The molecule has 0 rings (SSSR count). The monoisotopic (exact) mass is 220 g/mol. The molecule has 0 aliphatic rings. The van der Waals surface area contributed by atoms with Crippen molar-refractivity contribution in [3.8, 4) is 0 Å². The fourth-order valence-electron chi connectivity index (χ4n) is 1.01. The van der Waals surface area contributed by atoms with E-state index in [1.807, 2.05) is 0 Å². The van der Waals surface area contributed by atoms with Crippen molar-refractivity contribution in [2.24, 2.45) is 5.73 Å². The Morgan fingerprint density at radius 3 is 2.45 bits per heavy atom. The maximum absolute atomic E-state index is 5.52. The molecule has 0 amide bonds. The van der Waals surface area contributed by atoms with Crippen LogP contribution in [0.2, 0.25) is 11.4 Å². The fraction of sp³-hybridized carbons (Fsp3) is 1.00. The summed E-state index contributed by atoms with van der Waals surface area (Å²) in [6.45, 7) is 4.18. The predicted octanol–water partition coefficient (Wildman–Crippen LogP) is 0.997. The van der Waals surface area contributed by atoms with Gasteiger partial charge in [-0.15, -0.1) is 0 Å². The van der Waals surface area contributed by atoms with Crippen LogP contribution in [0.1, 0.15) is 19.8 Å². The van der Waals surface area contributed by atoms with Gasteiger partial charge in [0.2, 0.25) is 0 Å². The van der Waals surface area contributed by atoms with Crippen LogP contribution < -0.4 is 11.1 Å². The van der Waals surface area contributed by atoms with E-state index in [1.54, 1.807) is 0 Å². The standard InChI is InChI=1S/C8H21AsN2/c1-4-7-11-8(5-6-10)9(2)3/h8,11H,4-7,10H2,1-3H3. The first kappa shape index (κ1) is 11.5. The summed E-state index contributed by atoms with van der Waals surface area (Å²) >= 11 is -0.587. The molecule has 68 valence electrons. The molecule has 0 aromatic heterocycles. The van der Waals surface area contributed by atoms with Crippen LogP contribution in [-0.2, 0) is 0 Å². The summed E-state index contributed by atoms with van der Waals surface area (Å²) in [5.74, 6) is 0. The van der Waals surface area contributed by atoms with E-state index in [2.05, 4.69) is 23.7 Å². The second-order valence-electron chi connectivity index (χ2n) is 3.01. The Kier molecular flexibility index (Phi) is 7.46. The van der Waals surface area contributed by atoms with Crippen molar-refractivity contribution in [1.29, 1.82) is 0 Å². The zero-order valence-electron chi connectivity index (χ0n) is 7.93. The van der Waals surface area contributed by atoms with Gasteiger partial charge in [0.05, 0.1) is 0 Å². The van der Waals surface area contributed by atoms with E-state index in [4.69, 9.17) is 5.73 Å². The second kappa shape index (κ2) is 7.15. The summed E-state index contributed by atoms with van der Waals surface area (Å²) in [6.07, 6.45) is 2.39. The van der Waals surface area contributed by atoms with Crippen molar-refractivity contribution in [2.45, 2.75) is 36.0 Å². The Labute approximate surface area is 75.2 Å². The zero-order chi connectivity index (χ0) is 8.69. The normalized spacial score (nSPS) is 13.9. The van der Waals surface area contributed by atoms with Crippen LogP contribution in [0.3, 0.4) is 0 Å². The molecule has 0 aliphatic heterocycles. The molecule has 0 aliphatic carbocycles. The minimum absolute atomic E-state index is 0.587. The Balaban J connectivity index is 3.51. The van der Waals surface area contributed by atoms with Gasteiger partial charge in [0, 0.05) is 0 Å². The average Bonchev–Trinajstić information content (AvgIpc) is 1.97. The third-order valence-electron chi connectivity index (χ3n) is 1.69. The van der Waals surface area contributed by atoms with Crippen molar-refractivity contribution in [2.75, 3.05) is 13.1 Å². The van der Waals surface area contributed by atoms with E-state index in [1.165, 1.54) is 6.42 Å². The first-order valence-corrected chi connectivity index (χ1v) is 9.16. The van der Waals surface area contributed by atoms with Gasteiger partial charge in [-0.1, -0.05) is 0 Å². The molecule has 0 aromatic rings. The van der Waals surface area contributed by atoms with Gasteiger partial charge in [-0.2, -0.15) is 0 Å². The molecule has 0 aromatic carbocycles. The number of hydrogen-bond donors (Lipinski definition) is 2. The van der Waals surface area contributed by atoms with Gasteiger partial charge in [-0.05, 0) is 0 Å². The average molecular weight is 220 g/mol. The summed E-state index contributed by atoms with van der Waals surface area (Å²) in [4.78, 5) is 0.757. The fourth-order valence-corrected chi connectivity index (χ4v) is 3.44. The minimum atomic E-state index is -0.587. The zero-order valence-corrected chi connectivity index (χ0v) is 9.81. The number of nitrogens with two attached hydrogens (primary N) is 1. The quantitative estimate of drug-likeness (QED) is 0.655. The molecular formula is C8H21AsN2. The summed E-state index contributed by atoms with van der Waals surface area (Å²) in [7, 11) is 0. The van der Waals surface area contributed by atoms with E-state index in [9.17, 15) is 0 Å². The van der Waals surface area contributed by atoms with Crippen molar-refractivity contribution in [3.05, 3.63) is 0 Å². The van der Waals surface area contributed by atoms with Gasteiger partial charge in [-0.25, -0.2) is 0 Å². The molecule has 0 bridgehead atoms. The topological polar surface area (TPSA) is 38.0 Å². The van der Waals surface area contributed by atoms with Crippen LogP contribution in [0.15, 0.2) is 0 Å². The Morgan fingerprint density at radius 2 is 2.09 bits per heavy atom. The molecule has 3 N–H and O–H groups in total. The summed E-state index contributed by atoms with van der Waals surface area (Å²) in [6, 6.07) is 0. The molecular weight excluding hydrogens is 199 g/mol. The third kappa shape index (κ3) is 5.72. The van der Waals surface area contributed by atoms with Crippen LogP contribution in [0, 0.1) is 0 Å². The number of hydrogen-bond acceptors (Lipinski definition) is 2. The van der Waals surface area contributed by atoms with Gasteiger partial charge in [0.25, 0.3) is 0 Å². The predicted molar refractivity (Wildman–Crippen MR) is 53.2 cm³/mol. The number of rotatable bonds is 6. The van der Waals surface area contributed by atoms with E-state index in [-0.39, 0.29) is 0 Å². The van der Waals surface area contributed by atoms with Gasteiger partial charge in [0.15, 0.2) is 0 Å². The molecule has 0 fully saturated rings. The molecule has 0 spiro atoms. The molecule has 0 heterocycles. The molecule has 0 radical (unpaired) electrons. The van der Waals surface area contributed by atoms with Crippen molar-refractivity contribution < 1.29 is 0 Å². The first-order chi connectivity index (χ1) is 5.22. The molecule has 2 nitrogen and oxygen atoms in total. The number of nitrogens with one attached hydrogen (secondary N) is 1. The second-order valence-corrected chi connectivity index (χ2v) is 8.36. The summed E-state index contributed by atoms with van der Waals surface area (Å²) in [5, 5.41) is 3.55. The van der Waals surface area contributed by atoms with Gasteiger partial charge < -0.3 is 0 Å². The van der Waals surface area contributed by atoms with Crippen LogP contribution in [0.25, 0.3) is 0 Å². The van der Waals surface area contributed by atoms with Gasteiger partial charge >= 0.3 is 74.8 Å². The van der Waals surface area contributed by atoms with Crippen LogP contribution in [0.5, 0.6) is 0 Å². The van der Waals surface area contributed by atoms with E-state index in [0.29, 0.717) is 0 Å². The Hall–Kier alpha value is 0.478. The summed E-state index contributed by atoms with van der Waals surface area (Å²) in [5.41, 5.74) is 10.3. The molecule has 3 heteroatoms. The SMILES string of the molecule is CCCNC(CCN)[As](C)C. The molecule has 0 saturated carbocycles.